The van der Waals surface area contributed by atoms with Gasteiger partial charge >= 0.3 is 12.5 Å². The maximum Gasteiger partial charge on any atom is 0.333 e. The first-order chi connectivity index (χ1) is 13.9. The number of aromatic nitrogens is 2. The molecule has 1 aliphatic rings. The molecule has 1 saturated carbocycles. The molecule has 152 valence electrons. The number of fused-ring (bicyclic) bond motifs is 1. The topological polar surface area (TPSA) is 44.1 Å². The number of carbonyl (C=O) groups is 1. The van der Waals surface area contributed by atoms with Crippen LogP contribution in [0.3, 0.4) is 0 Å². The standard InChI is InChI=1S/C22H21F3N2O2/c1-13-17(4-3-5-18(13)23)22(20(28)29-2)9-8-15(11-22)14-6-7-16-12-26-27(21(24)25)19(16)10-14/h3-7,10,12,15,21H,8-9,11H2,1-2H3. The number of carbonyl (C=O) groups excluding carboxylic acids is 1. The van der Waals surface area contributed by atoms with Crippen LogP contribution < -0.4 is 0 Å². The molecule has 0 aliphatic heterocycles. The van der Waals surface area contributed by atoms with Crippen molar-refractivity contribution in [1.82, 2.24) is 9.78 Å². The number of methoxy groups -OCH3 is 1. The van der Waals surface area contributed by atoms with Gasteiger partial charge in [-0.1, -0.05) is 24.3 Å². The van der Waals surface area contributed by atoms with Gasteiger partial charge in [0.1, 0.15) is 5.82 Å². The molecule has 0 spiro atoms. The van der Waals surface area contributed by atoms with Gasteiger partial charge in [0.2, 0.25) is 0 Å². The molecule has 2 unspecified atom stereocenters. The number of hydrogen-bond donors (Lipinski definition) is 0. The van der Waals surface area contributed by atoms with Crippen molar-refractivity contribution in [3.8, 4) is 0 Å². The normalized spacial score (nSPS) is 21.8. The molecule has 1 aromatic heterocycles. The minimum absolute atomic E-state index is 0.0396. The fourth-order valence-electron chi connectivity index (χ4n) is 4.66. The lowest BCUT2D eigenvalue weighted by atomic mass is 9.75. The van der Waals surface area contributed by atoms with E-state index < -0.39 is 17.9 Å². The molecule has 0 radical (unpaired) electrons. The van der Waals surface area contributed by atoms with Gasteiger partial charge in [0.25, 0.3) is 0 Å². The Kier molecular flexibility index (Phi) is 4.84. The molecule has 0 N–H and O–H groups in total. The third kappa shape index (κ3) is 3.09. The average Bonchev–Trinajstić information content (AvgIpc) is 3.34. The first-order valence-corrected chi connectivity index (χ1v) is 9.46. The van der Waals surface area contributed by atoms with Gasteiger partial charge in [0.15, 0.2) is 0 Å². The number of halogens is 3. The van der Waals surface area contributed by atoms with Crippen molar-refractivity contribution in [3.63, 3.8) is 0 Å². The van der Waals surface area contributed by atoms with Crippen LogP contribution >= 0.6 is 0 Å². The maximum absolute atomic E-state index is 14.2. The van der Waals surface area contributed by atoms with Crippen molar-refractivity contribution >= 4 is 16.9 Å². The Labute approximate surface area is 166 Å². The molecule has 1 fully saturated rings. The molecule has 0 bridgehead atoms. The number of hydrogen-bond acceptors (Lipinski definition) is 3. The molecule has 2 atom stereocenters. The summed E-state index contributed by atoms with van der Waals surface area (Å²) in [6.45, 7) is -1.06. The Hall–Kier alpha value is -2.83. The van der Waals surface area contributed by atoms with E-state index in [9.17, 15) is 18.0 Å². The molecule has 4 nitrogen and oxygen atoms in total. The van der Waals surface area contributed by atoms with Gasteiger partial charge in [-0.25, -0.2) is 9.07 Å². The zero-order valence-electron chi connectivity index (χ0n) is 16.2. The van der Waals surface area contributed by atoms with Crippen LogP contribution in [0.15, 0.2) is 42.6 Å². The highest BCUT2D eigenvalue weighted by Crippen LogP contribution is 2.50. The van der Waals surface area contributed by atoms with Crippen molar-refractivity contribution in [2.24, 2.45) is 0 Å². The van der Waals surface area contributed by atoms with Gasteiger partial charge in [-0.2, -0.15) is 13.9 Å². The highest BCUT2D eigenvalue weighted by molar-refractivity contribution is 5.85. The van der Waals surface area contributed by atoms with Crippen molar-refractivity contribution < 1.29 is 22.7 Å². The number of nitrogens with zero attached hydrogens (tertiary/aromatic N) is 2. The van der Waals surface area contributed by atoms with Crippen LogP contribution in [-0.4, -0.2) is 22.9 Å². The largest absolute Gasteiger partial charge is 0.468 e. The zero-order chi connectivity index (χ0) is 20.8. The quantitative estimate of drug-likeness (QED) is 0.560. The van der Waals surface area contributed by atoms with Crippen LogP contribution in [-0.2, 0) is 14.9 Å². The highest BCUT2D eigenvalue weighted by Gasteiger charge is 2.49. The van der Waals surface area contributed by atoms with Gasteiger partial charge < -0.3 is 4.74 Å². The van der Waals surface area contributed by atoms with Crippen LogP contribution in [0.2, 0.25) is 0 Å². The van der Waals surface area contributed by atoms with E-state index in [4.69, 9.17) is 4.74 Å². The minimum atomic E-state index is -2.73. The van der Waals surface area contributed by atoms with E-state index in [1.54, 1.807) is 31.2 Å². The number of alkyl halides is 2. The lowest BCUT2D eigenvalue weighted by molar-refractivity contribution is -0.147. The van der Waals surface area contributed by atoms with Gasteiger partial charge in [0.05, 0.1) is 24.2 Å². The molecule has 29 heavy (non-hydrogen) atoms. The molecular weight excluding hydrogens is 381 g/mol. The molecule has 0 saturated heterocycles. The molecule has 4 rings (SSSR count). The number of ether oxygens (including phenoxy) is 1. The molecule has 2 aromatic carbocycles. The van der Waals surface area contributed by atoms with Crippen molar-refractivity contribution in [3.05, 3.63) is 65.1 Å². The summed E-state index contributed by atoms with van der Waals surface area (Å²) in [6, 6.07) is 10.1. The Morgan fingerprint density at radius 1 is 1.31 bits per heavy atom. The Morgan fingerprint density at radius 3 is 2.83 bits per heavy atom. The average molecular weight is 402 g/mol. The Balaban J connectivity index is 1.75. The second-order valence-electron chi connectivity index (χ2n) is 7.61. The van der Waals surface area contributed by atoms with Gasteiger partial charge in [-0.15, -0.1) is 0 Å². The molecule has 0 amide bonds. The SMILES string of the molecule is COC(=O)C1(c2cccc(F)c2C)CCC(c2ccc3cnn(C(F)F)c3c2)C1. The van der Waals surface area contributed by atoms with Crippen LogP contribution in [0.25, 0.3) is 10.9 Å². The van der Waals surface area contributed by atoms with Gasteiger partial charge in [-0.05, 0) is 60.9 Å². The lowest BCUT2D eigenvalue weighted by Crippen LogP contribution is -2.35. The molecular formula is C22H21F3N2O2. The minimum Gasteiger partial charge on any atom is -0.468 e. The van der Waals surface area contributed by atoms with Crippen LogP contribution in [0.1, 0.15) is 48.4 Å². The van der Waals surface area contributed by atoms with E-state index in [2.05, 4.69) is 5.10 Å². The van der Waals surface area contributed by atoms with Crippen molar-refractivity contribution in [2.45, 2.75) is 44.1 Å². The summed E-state index contributed by atoms with van der Waals surface area (Å²) in [7, 11) is 1.33. The van der Waals surface area contributed by atoms with E-state index in [1.165, 1.54) is 19.4 Å². The summed E-state index contributed by atoms with van der Waals surface area (Å²) in [5.74, 6) is -0.800. The first-order valence-electron chi connectivity index (χ1n) is 9.46. The Bertz CT molecular complexity index is 1080. The molecule has 1 heterocycles. The molecule has 7 heteroatoms. The van der Waals surface area contributed by atoms with E-state index >= 15 is 0 Å². The zero-order valence-corrected chi connectivity index (χ0v) is 16.2. The van der Waals surface area contributed by atoms with E-state index in [1.807, 2.05) is 6.07 Å². The molecule has 3 aromatic rings. The fraction of sp³-hybridized carbons (Fsp3) is 0.364. The first kappa shape index (κ1) is 19.5. The lowest BCUT2D eigenvalue weighted by Gasteiger charge is -2.29. The van der Waals surface area contributed by atoms with Gasteiger partial charge in [-0.3, -0.25) is 4.79 Å². The van der Waals surface area contributed by atoms with Gasteiger partial charge in [0, 0.05) is 5.39 Å². The summed E-state index contributed by atoms with van der Waals surface area (Å²) in [5, 5.41) is 4.38. The summed E-state index contributed by atoms with van der Waals surface area (Å²) in [4.78, 5) is 12.8. The number of rotatable bonds is 4. The van der Waals surface area contributed by atoms with E-state index in [0.29, 0.717) is 46.0 Å². The summed E-state index contributed by atoms with van der Waals surface area (Å²) >= 11 is 0. The predicted octanol–water partition coefficient (Wildman–Crippen LogP) is 5.26. The third-order valence-corrected chi connectivity index (χ3v) is 6.15. The monoisotopic (exact) mass is 402 g/mol. The second-order valence-corrected chi connectivity index (χ2v) is 7.61. The van der Waals surface area contributed by atoms with Crippen LogP contribution in [0, 0.1) is 12.7 Å². The maximum atomic E-state index is 14.2. The second kappa shape index (κ2) is 7.21. The van der Waals surface area contributed by atoms with Crippen molar-refractivity contribution in [1.29, 1.82) is 0 Å². The van der Waals surface area contributed by atoms with E-state index in [-0.39, 0.29) is 11.7 Å². The predicted molar refractivity (Wildman–Crippen MR) is 102 cm³/mol. The van der Waals surface area contributed by atoms with Crippen LogP contribution in [0.5, 0.6) is 0 Å². The summed E-state index contributed by atoms with van der Waals surface area (Å²) in [5.41, 5.74) is 1.33. The van der Waals surface area contributed by atoms with Crippen molar-refractivity contribution in [2.75, 3.05) is 7.11 Å². The highest BCUT2D eigenvalue weighted by atomic mass is 19.3. The number of esters is 1. The smallest absolute Gasteiger partial charge is 0.333 e. The summed E-state index contributed by atoms with van der Waals surface area (Å²) < 4.78 is 46.5. The third-order valence-electron chi connectivity index (χ3n) is 6.15. The summed E-state index contributed by atoms with van der Waals surface area (Å²) in [6.07, 6.45) is 3.01. The van der Waals surface area contributed by atoms with E-state index in [0.717, 1.165) is 5.56 Å². The Morgan fingerprint density at radius 2 is 2.10 bits per heavy atom. The van der Waals surface area contributed by atoms with Crippen LogP contribution in [0.4, 0.5) is 13.2 Å². The molecule has 1 aliphatic carbocycles. The number of benzene rings is 2. The fourth-order valence-corrected chi connectivity index (χ4v) is 4.66.